The summed E-state index contributed by atoms with van der Waals surface area (Å²) in [6.07, 6.45) is 12.3. The minimum atomic E-state index is -0.0859. The molecule has 1 atom stereocenters. The van der Waals surface area contributed by atoms with E-state index in [-0.39, 0.29) is 11.5 Å². The molecule has 4 aromatic carbocycles. The maximum Gasteiger partial charge on any atom is 0.0565 e. The van der Waals surface area contributed by atoms with Crippen LogP contribution >= 0.6 is 23.2 Å². The summed E-state index contributed by atoms with van der Waals surface area (Å²) in [6.45, 7) is 4.65. The molecule has 0 radical (unpaired) electrons. The minimum Gasteiger partial charge on any atom is -0.367 e. The monoisotopic (exact) mass is 643 g/mol. The summed E-state index contributed by atoms with van der Waals surface area (Å²) in [5.74, 6) is 0. The highest BCUT2D eigenvalue weighted by Crippen LogP contribution is 2.47. The van der Waals surface area contributed by atoms with E-state index in [9.17, 15) is 0 Å². The van der Waals surface area contributed by atoms with Gasteiger partial charge in [-0.25, -0.2) is 0 Å². The second kappa shape index (κ2) is 12.2. The Morgan fingerprint density at radius 3 is 2.07 bits per heavy atom. The van der Waals surface area contributed by atoms with E-state index in [2.05, 4.69) is 152 Å². The highest BCUT2D eigenvalue weighted by atomic mass is 35.5. The zero-order valence-corrected chi connectivity index (χ0v) is 28.4. The van der Waals surface area contributed by atoms with Crippen molar-refractivity contribution >= 4 is 46.0 Å². The van der Waals surface area contributed by atoms with Crippen LogP contribution in [0, 0.1) is 0 Å². The number of allylic oxidation sites excluding steroid dienone is 6. The summed E-state index contributed by atoms with van der Waals surface area (Å²) in [7, 11) is 4.34. The van der Waals surface area contributed by atoms with Crippen molar-refractivity contribution in [3.8, 4) is 0 Å². The van der Waals surface area contributed by atoms with E-state index in [0.717, 1.165) is 40.7 Å². The standard InChI is InChI=1S/C41H39Cl2N3/c1-41(2)36-27-32(43)20-23-38(36)45(4)39(41)24-18-29-16-15-28(17-21-35-26-30-25-31(42)19-22-37(30)44(35)3)40(29)46(33-11-7-5-8-12-33)34-13-9-6-10-14-34/h5-14,17-25,27,39H,15-16,26H2,1-4H3/b24-18+,28-17+,35-21+. The summed E-state index contributed by atoms with van der Waals surface area (Å²) < 4.78 is 0. The third-order valence-corrected chi connectivity index (χ3v) is 10.3. The summed E-state index contributed by atoms with van der Waals surface area (Å²) in [5.41, 5.74) is 12.4. The molecule has 1 aliphatic carbocycles. The molecule has 0 saturated heterocycles. The molecule has 0 bridgehead atoms. The third-order valence-electron chi connectivity index (χ3n) is 9.88. The molecule has 2 heterocycles. The van der Waals surface area contributed by atoms with Crippen molar-refractivity contribution in [1.29, 1.82) is 0 Å². The van der Waals surface area contributed by atoms with Gasteiger partial charge in [0.15, 0.2) is 0 Å². The zero-order chi connectivity index (χ0) is 32.0. The van der Waals surface area contributed by atoms with Gasteiger partial charge in [0.2, 0.25) is 0 Å². The van der Waals surface area contributed by atoms with Crippen LogP contribution in [0.4, 0.5) is 22.7 Å². The van der Waals surface area contributed by atoms with Crippen LogP contribution in [0.15, 0.2) is 144 Å². The largest absolute Gasteiger partial charge is 0.367 e. The number of para-hydroxylation sites is 2. The number of hydrogen-bond donors (Lipinski definition) is 0. The maximum absolute atomic E-state index is 6.46. The van der Waals surface area contributed by atoms with E-state index < -0.39 is 0 Å². The molecule has 2 aliphatic heterocycles. The van der Waals surface area contributed by atoms with E-state index in [1.54, 1.807) is 0 Å². The van der Waals surface area contributed by atoms with Crippen LogP contribution in [0.1, 0.15) is 37.8 Å². The Balaban J connectivity index is 1.33. The van der Waals surface area contributed by atoms with Gasteiger partial charge in [-0.1, -0.05) is 91.7 Å². The van der Waals surface area contributed by atoms with Gasteiger partial charge in [-0.3, -0.25) is 0 Å². The summed E-state index contributed by atoms with van der Waals surface area (Å²) in [4.78, 5) is 7.11. The molecule has 3 nitrogen and oxygen atoms in total. The van der Waals surface area contributed by atoms with Crippen LogP contribution < -0.4 is 14.7 Å². The number of halogens is 2. The van der Waals surface area contributed by atoms with Gasteiger partial charge in [-0.15, -0.1) is 0 Å². The van der Waals surface area contributed by atoms with E-state index in [1.165, 1.54) is 45.0 Å². The molecule has 1 unspecified atom stereocenters. The van der Waals surface area contributed by atoms with Gasteiger partial charge in [0, 0.05) is 64.4 Å². The number of likely N-dealkylation sites (N-methyl/N-ethyl adjacent to an activating group) is 2. The fourth-order valence-electron chi connectivity index (χ4n) is 7.45. The van der Waals surface area contributed by atoms with Crippen LogP contribution in [0.25, 0.3) is 0 Å². The van der Waals surface area contributed by atoms with Gasteiger partial charge in [0.25, 0.3) is 0 Å². The Bertz CT molecular complexity index is 1860. The Morgan fingerprint density at radius 1 is 0.761 bits per heavy atom. The van der Waals surface area contributed by atoms with Crippen molar-refractivity contribution < 1.29 is 0 Å². The minimum absolute atomic E-state index is 0.0859. The number of fused-ring (bicyclic) bond motifs is 2. The Hall–Kier alpha value is -4.18. The van der Waals surface area contributed by atoms with Crippen LogP contribution in [0.5, 0.6) is 0 Å². The normalized spacial score (nSPS) is 20.3. The lowest BCUT2D eigenvalue weighted by atomic mass is 9.80. The van der Waals surface area contributed by atoms with Gasteiger partial charge in [-0.05, 0) is 102 Å². The van der Waals surface area contributed by atoms with Crippen molar-refractivity contribution in [1.82, 2.24) is 0 Å². The molecule has 0 N–H and O–H groups in total. The highest BCUT2D eigenvalue weighted by Gasteiger charge is 2.41. The molecular formula is C41H39Cl2N3. The number of hydrogen-bond acceptors (Lipinski definition) is 3. The number of benzene rings is 4. The fourth-order valence-corrected chi connectivity index (χ4v) is 7.81. The van der Waals surface area contributed by atoms with Crippen molar-refractivity contribution in [2.45, 2.75) is 44.6 Å². The predicted octanol–water partition coefficient (Wildman–Crippen LogP) is 11.0. The van der Waals surface area contributed by atoms with Crippen LogP contribution in [0.2, 0.25) is 10.0 Å². The van der Waals surface area contributed by atoms with Crippen LogP contribution in [0.3, 0.4) is 0 Å². The zero-order valence-electron chi connectivity index (χ0n) is 26.8. The quantitative estimate of drug-likeness (QED) is 0.207. The second-order valence-electron chi connectivity index (χ2n) is 13.0. The molecule has 3 aliphatic rings. The van der Waals surface area contributed by atoms with Crippen molar-refractivity contribution in [2.75, 3.05) is 28.8 Å². The Labute approximate surface area is 283 Å². The number of anilines is 4. The molecule has 5 heteroatoms. The van der Waals surface area contributed by atoms with E-state index in [1.807, 2.05) is 12.1 Å². The Kier molecular flexibility index (Phi) is 8.09. The molecule has 0 saturated carbocycles. The first-order valence-corrected chi connectivity index (χ1v) is 16.7. The summed E-state index contributed by atoms with van der Waals surface area (Å²) in [6, 6.07) is 34.1. The van der Waals surface area contributed by atoms with Crippen LogP contribution in [-0.2, 0) is 11.8 Å². The topological polar surface area (TPSA) is 9.72 Å². The molecular weight excluding hydrogens is 605 g/mol. The number of nitrogens with zero attached hydrogens (tertiary/aromatic N) is 3. The van der Waals surface area contributed by atoms with Gasteiger partial charge < -0.3 is 14.7 Å². The average Bonchev–Trinajstić information content (AvgIpc) is 3.65. The van der Waals surface area contributed by atoms with Crippen LogP contribution in [-0.4, -0.2) is 20.1 Å². The molecule has 0 fully saturated rings. The van der Waals surface area contributed by atoms with Gasteiger partial charge in [-0.2, -0.15) is 0 Å². The van der Waals surface area contributed by atoms with Crippen molar-refractivity contribution in [3.05, 3.63) is 165 Å². The lowest BCUT2D eigenvalue weighted by Gasteiger charge is -2.30. The van der Waals surface area contributed by atoms with Gasteiger partial charge in [0.1, 0.15) is 0 Å². The smallest absolute Gasteiger partial charge is 0.0565 e. The first kappa shape index (κ1) is 30.5. The summed E-state index contributed by atoms with van der Waals surface area (Å²) >= 11 is 12.8. The SMILES string of the molecule is CN1/C(=C/C=C2\CCC(/C=C/C3N(C)c4ccc(Cl)cc4C3(C)C)=C2N(c2ccccc2)c2ccccc2)Cc2cc(Cl)ccc21. The fraction of sp³-hybridized carbons (Fsp3) is 0.220. The van der Waals surface area contributed by atoms with E-state index in [4.69, 9.17) is 23.2 Å². The lowest BCUT2D eigenvalue weighted by molar-refractivity contribution is 0.487. The second-order valence-corrected chi connectivity index (χ2v) is 13.9. The van der Waals surface area contributed by atoms with E-state index in [0.29, 0.717) is 0 Å². The lowest BCUT2D eigenvalue weighted by Crippen LogP contribution is -2.37. The molecule has 4 aromatic rings. The number of rotatable bonds is 6. The first-order valence-electron chi connectivity index (χ1n) is 16.0. The molecule has 7 rings (SSSR count). The third kappa shape index (κ3) is 5.46. The molecule has 232 valence electrons. The molecule has 46 heavy (non-hydrogen) atoms. The van der Waals surface area contributed by atoms with E-state index >= 15 is 0 Å². The molecule has 0 aromatic heterocycles. The summed E-state index contributed by atoms with van der Waals surface area (Å²) in [5, 5.41) is 1.57. The maximum atomic E-state index is 6.46. The molecule has 0 spiro atoms. The molecule has 0 amide bonds. The van der Waals surface area contributed by atoms with Crippen molar-refractivity contribution in [3.63, 3.8) is 0 Å². The first-order chi connectivity index (χ1) is 22.2. The van der Waals surface area contributed by atoms with Gasteiger partial charge in [0.05, 0.1) is 11.7 Å². The predicted molar refractivity (Wildman–Crippen MR) is 197 cm³/mol. The highest BCUT2D eigenvalue weighted by molar-refractivity contribution is 6.31. The Morgan fingerprint density at radius 2 is 1.39 bits per heavy atom. The average molecular weight is 645 g/mol. The van der Waals surface area contributed by atoms with Gasteiger partial charge >= 0.3 is 0 Å². The van der Waals surface area contributed by atoms with Crippen molar-refractivity contribution in [2.24, 2.45) is 0 Å².